The highest BCUT2D eigenvalue weighted by Crippen LogP contribution is 2.11. The monoisotopic (exact) mass is 328 g/mol. The average Bonchev–Trinajstić information content (AvgIpc) is 2.56. The van der Waals surface area contributed by atoms with Crippen LogP contribution in [-0.2, 0) is 9.53 Å². The minimum Gasteiger partial charge on any atom is -0.469 e. The van der Waals surface area contributed by atoms with Crippen molar-refractivity contribution in [1.82, 2.24) is 0 Å². The van der Waals surface area contributed by atoms with Crippen LogP contribution in [0.2, 0.25) is 0 Å². The predicted octanol–water partition coefficient (Wildman–Crippen LogP) is 4.14. The van der Waals surface area contributed by atoms with Gasteiger partial charge in [-0.2, -0.15) is 0 Å². The number of hydrogen-bond acceptors (Lipinski definition) is 4. The van der Waals surface area contributed by atoms with E-state index in [4.69, 9.17) is 0 Å². The Morgan fingerprint density at radius 2 is 1.65 bits per heavy atom. The first-order valence-electron chi connectivity index (χ1n) is 9.19. The quantitative estimate of drug-likeness (QED) is 0.269. The molecule has 4 heteroatoms. The first kappa shape index (κ1) is 22.1. The standard InChI is InChI=1S/C19H36O4/c1-3-4-11-14-17(20)18(21)15-12-9-7-5-6-8-10-13-16-19(22)23-2/h9,12,17-18,20-21H,3-8,10-11,13-16H2,1-2H3/b12-9-/t17-,18-/m1/s1. The maximum atomic E-state index is 10.9. The van der Waals surface area contributed by atoms with E-state index in [0.717, 1.165) is 57.8 Å². The molecule has 0 aromatic carbocycles. The van der Waals surface area contributed by atoms with Gasteiger partial charge in [-0.05, 0) is 32.1 Å². The molecule has 0 saturated heterocycles. The Morgan fingerprint density at radius 1 is 0.957 bits per heavy atom. The summed E-state index contributed by atoms with van der Waals surface area (Å²) in [6, 6.07) is 0. The maximum absolute atomic E-state index is 10.9. The molecule has 2 N–H and O–H groups in total. The smallest absolute Gasteiger partial charge is 0.305 e. The first-order valence-corrected chi connectivity index (χ1v) is 9.19. The Kier molecular flexibility index (Phi) is 15.4. The van der Waals surface area contributed by atoms with Crippen LogP contribution in [0.5, 0.6) is 0 Å². The van der Waals surface area contributed by atoms with Crippen LogP contribution in [0.3, 0.4) is 0 Å². The Balaban J connectivity index is 3.44. The highest BCUT2D eigenvalue weighted by molar-refractivity contribution is 5.68. The van der Waals surface area contributed by atoms with Gasteiger partial charge in [-0.25, -0.2) is 0 Å². The van der Waals surface area contributed by atoms with Crippen LogP contribution in [0.4, 0.5) is 0 Å². The zero-order valence-corrected chi connectivity index (χ0v) is 15.0. The third-order valence-corrected chi connectivity index (χ3v) is 4.07. The lowest BCUT2D eigenvalue weighted by Gasteiger charge is -2.15. The summed E-state index contributed by atoms with van der Waals surface area (Å²) in [7, 11) is 1.43. The number of esters is 1. The summed E-state index contributed by atoms with van der Waals surface area (Å²) in [5.74, 6) is -0.122. The lowest BCUT2D eigenvalue weighted by atomic mass is 10.0. The van der Waals surface area contributed by atoms with Gasteiger partial charge in [0.05, 0.1) is 19.3 Å². The van der Waals surface area contributed by atoms with E-state index in [1.165, 1.54) is 7.11 Å². The topological polar surface area (TPSA) is 66.8 Å². The fourth-order valence-electron chi connectivity index (χ4n) is 2.47. The van der Waals surface area contributed by atoms with Gasteiger partial charge in [0.15, 0.2) is 0 Å². The number of carbonyl (C=O) groups excluding carboxylic acids is 1. The van der Waals surface area contributed by atoms with E-state index < -0.39 is 12.2 Å². The highest BCUT2D eigenvalue weighted by Gasteiger charge is 2.13. The van der Waals surface area contributed by atoms with Crippen molar-refractivity contribution < 1.29 is 19.7 Å². The van der Waals surface area contributed by atoms with Crippen LogP contribution >= 0.6 is 0 Å². The van der Waals surface area contributed by atoms with E-state index in [0.29, 0.717) is 19.3 Å². The minimum atomic E-state index is -0.638. The van der Waals surface area contributed by atoms with Crippen molar-refractivity contribution in [3.05, 3.63) is 12.2 Å². The predicted molar refractivity (Wildman–Crippen MR) is 94.2 cm³/mol. The van der Waals surface area contributed by atoms with Gasteiger partial charge in [-0.1, -0.05) is 57.6 Å². The fourth-order valence-corrected chi connectivity index (χ4v) is 2.47. The van der Waals surface area contributed by atoms with Gasteiger partial charge < -0.3 is 14.9 Å². The number of rotatable bonds is 15. The summed E-state index contributed by atoms with van der Waals surface area (Å²) in [4.78, 5) is 10.9. The molecule has 0 radical (unpaired) electrons. The molecule has 0 unspecified atom stereocenters. The van der Waals surface area contributed by atoms with Crippen molar-refractivity contribution in [3.8, 4) is 0 Å². The molecule has 136 valence electrons. The molecule has 0 spiro atoms. The van der Waals surface area contributed by atoms with Crippen LogP contribution < -0.4 is 0 Å². The molecule has 4 nitrogen and oxygen atoms in total. The van der Waals surface area contributed by atoms with E-state index in [1.54, 1.807) is 0 Å². The number of allylic oxidation sites excluding steroid dienone is 1. The Labute approximate surface area is 141 Å². The Hall–Kier alpha value is -0.870. The van der Waals surface area contributed by atoms with Crippen molar-refractivity contribution in [2.75, 3.05) is 7.11 Å². The Morgan fingerprint density at radius 3 is 2.35 bits per heavy atom. The summed E-state index contributed by atoms with van der Waals surface area (Å²) in [6.45, 7) is 2.13. The summed E-state index contributed by atoms with van der Waals surface area (Å²) in [6.07, 6.45) is 14.2. The first-order chi connectivity index (χ1) is 11.1. The van der Waals surface area contributed by atoms with Crippen molar-refractivity contribution >= 4 is 5.97 Å². The van der Waals surface area contributed by atoms with Crippen molar-refractivity contribution in [2.45, 2.75) is 96.2 Å². The molecule has 0 fully saturated rings. The SMILES string of the molecule is CCCCC[C@@H](O)[C@H](O)C/C=C\CCCCCCCC(=O)OC. The number of methoxy groups -OCH3 is 1. The molecule has 0 amide bonds. The second-order valence-corrected chi connectivity index (χ2v) is 6.22. The zero-order valence-electron chi connectivity index (χ0n) is 15.0. The third-order valence-electron chi connectivity index (χ3n) is 4.07. The number of unbranched alkanes of at least 4 members (excludes halogenated alkanes) is 7. The molecular weight excluding hydrogens is 292 g/mol. The molecule has 0 aromatic rings. The van der Waals surface area contributed by atoms with Crippen LogP contribution in [0.1, 0.15) is 84.0 Å². The number of aliphatic hydroxyl groups is 2. The van der Waals surface area contributed by atoms with E-state index in [9.17, 15) is 15.0 Å². The van der Waals surface area contributed by atoms with Gasteiger partial charge >= 0.3 is 5.97 Å². The van der Waals surface area contributed by atoms with Gasteiger partial charge in [-0.15, -0.1) is 0 Å². The van der Waals surface area contributed by atoms with E-state index in [1.807, 2.05) is 6.08 Å². The second-order valence-electron chi connectivity index (χ2n) is 6.22. The number of hydrogen-bond donors (Lipinski definition) is 2. The van der Waals surface area contributed by atoms with Crippen LogP contribution in [0.25, 0.3) is 0 Å². The summed E-state index contributed by atoms with van der Waals surface area (Å²) in [5.41, 5.74) is 0. The molecule has 23 heavy (non-hydrogen) atoms. The molecule has 0 aliphatic heterocycles. The van der Waals surface area contributed by atoms with Crippen molar-refractivity contribution in [1.29, 1.82) is 0 Å². The molecule has 0 saturated carbocycles. The molecule has 0 aliphatic rings. The zero-order chi connectivity index (χ0) is 17.3. The van der Waals surface area contributed by atoms with Crippen LogP contribution in [0.15, 0.2) is 12.2 Å². The minimum absolute atomic E-state index is 0.122. The molecule has 2 atom stereocenters. The van der Waals surface area contributed by atoms with E-state index >= 15 is 0 Å². The molecule has 0 aromatic heterocycles. The average molecular weight is 328 g/mol. The molecule has 0 rings (SSSR count). The van der Waals surface area contributed by atoms with Crippen LogP contribution in [-0.4, -0.2) is 35.5 Å². The molecule has 0 heterocycles. The largest absolute Gasteiger partial charge is 0.469 e. The normalized spacial score (nSPS) is 14.1. The fraction of sp³-hybridized carbons (Fsp3) is 0.842. The molecule has 0 aliphatic carbocycles. The molecular formula is C19H36O4. The van der Waals surface area contributed by atoms with Gasteiger partial charge in [0.2, 0.25) is 0 Å². The van der Waals surface area contributed by atoms with Crippen molar-refractivity contribution in [2.24, 2.45) is 0 Å². The second kappa shape index (κ2) is 16.0. The van der Waals surface area contributed by atoms with Gasteiger partial charge in [0.1, 0.15) is 0 Å². The van der Waals surface area contributed by atoms with E-state index in [-0.39, 0.29) is 5.97 Å². The number of aliphatic hydroxyl groups excluding tert-OH is 2. The lowest BCUT2D eigenvalue weighted by Crippen LogP contribution is -2.25. The van der Waals surface area contributed by atoms with Crippen LogP contribution in [0, 0.1) is 0 Å². The third kappa shape index (κ3) is 14.5. The lowest BCUT2D eigenvalue weighted by molar-refractivity contribution is -0.140. The van der Waals surface area contributed by atoms with E-state index in [2.05, 4.69) is 17.7 Å². The number of ether oxygens (including phenoxy) is 1. The maximum Gasteiger partial charge on any atom is 0.305 e. The van der Waals surface area contributed by atoms with Gasteiger partial charge in [0.25, 0.3) is 0 Å². The summed E-state index contributed by atoms with van der Waals surface area (Å²) < 4.78 is 4.60. The number of carbonyl (C=O) groups is 1. The summed E-state index contributed by atoms with van der Waals surface area (Å²) in [5, 5.41) is 19.7. The van der Waals surface area contributed by atoms with Crippen molar-refractivity contribution in [3.63, 3.8) is 0 Å². The summed E-state index contributed by atoms with van der Waals surface area (Å²) >= 11 is 0. The Bertz CT molecular complexity index is 302. The molecule has 0 bridgehead atoms. The van der Waals surface area contributed by atoms with Gasteiger partial charge in [0, 0.05) is 6.42 Å². The van der Waals surface area contributed by atoms with Gasteiger partial charge in [-0.3, -0.25) is 4.79 Å². The highest BCUT2D eigenvalue weighted by atomic mass is 16.5.